The Morgan fingerprint density at radius 1 is 1.21 bits per heavy atom. The lowest BCUT2D eigenvalue weighted by molar-refractivity contribution is -0.131. The number of rotatable bonds is 6. The fraction of sp³-hybridized carbons (Fsp3) is 0.455. The van der Waals surface area contributed by atoms with Crippen LogP contribution in [0, 0.1) is 5.82 Å². The van der Waals surface area contributed by atoms with E-state index < -0.39 is 9.04 Å². The van der Waals surface area contributed by atoms with Crippen molar-refractivity contribution in [2.75, 3.05) is 24.5 Å². The van der Waals surface area contributed by atoms with Crippen LogP contribution in [0.3, 0.4) is 0 Å². The van der Waals surface area contributed by atoms with Gasteiger partial charge in [-0.2, -0.15) is 0 Å². The average molecular weight is 415 g/mol. The van der Waals surface area contributed by atoms with Crippen LogP contribution in [0.25, 0.3) is 0 Å². The summed E-state index contributed by atoms with van der Waals surface area (Å²) in [4.78, 5) is 20.3. The molecule has 0 spiro atoms. The van der Waals surface area contributed by atoms with E-state index in [4.69, 9.17) is 4.43 Å². The number of anilines is 1. The molecule has 1 aromatic heterocycles. The number of pyridine rings is 1. The van der Waals surface area contributed by atoms with Crippen LogP contribution < -0.4 is 4.90 Å². The number of amides is 1. The van der Waals surface area contributed by atoms with E-state index >= 15 is 4.39 Å². The van der Waals surface area contributed by atoms with Crippen LogP contribution in [0.1, 0.15) is 31.9 Å². The molecule has 155 valence electrons. The number of hydrogen-bond acceptors (Lipinski definition) is 4. The van der Waals surface area contributed by atoms with Gasteiger partial charge in [0.15, 0.2) is 5.82 Å². The topological polar surface area (TPSA) is 45.7 Å². The van der Waals surface area contributed by atoms with Gasteiger partial charge in [-0.05, 0) is 29.3 Å². The third-order valence-electron chi connectivity index (χ3n) is 5.31. The van der Waals surface area contributed by atoms with Crippen molar-refractivity contribution in [2.45, 2.75) is 45.5 Å². The molecule has 0 atom stereocenters. The van der Waals surface area contributed by atoms with Gasteiger partial charge in [0, 0.05) is 37.6 Å². The van der Waals surface area contributed by atoms with Crippen LogP contribution in [0.15, 0.2) is 42.7 Å². The van der Waals surface area contributed by atoms with Gasteiger partial charge in [0.2, 0.25) is 14.9 Å². The standard InChI is InChI=1S/C22H29FN3O2Si/c1-22(2,3)29(4)28-16-18-8-5-9-19(21(18)23)25-11-12-26(20(27)15-25)14-17-7-6-10-24-13-17/h5-10,13H,11-12,14-16H2,1-4H3. The highest BCUT2D eigenvalue weighted by Gasteiger charge is 2.27. The molecule has 1 amide bonds. The van der Waals surface area contributed by atoms with E-state index in [1.54, 1.807) is 29.4 Å². The quantitative estimate of drug-likeness (QED) is 0.670. The summed E-state index contributed by atoms with van der Waals surface area (Å²) in [6.07, 6.45) is 3.48. The Balaban J connectivity index is 1.65. The summed E-state index contributed by atoms with van der Waals surface area (Å²) in [6.45, 7) is 10.7. The third kappa shape index (κ3) is 5.42. The number of piperazine rings is 1. The second-order valence-corrected chi connectivity index (χ2v) is 11.3. The maximum Gasteiger partial charge on any atom is 0.242 e. The van der Waals surface area contributed by atoms with Crippen LogP contribution >= 0.6 is 0 Å². The number of carbonyl (C=O) groups excluding carboxylic acids is 1. The molecular formula is C22H29FN3O2Si. The van der Waals surface area contributed by atoms with Crippen molar-refractivity contribution >= 4 is 20.6 Å². The summed E-state index contributed by atoms with van der Waals surface area (Å²) >= 11 is 0. The molecule has 1 fully saturated rings. The zero-order chi connectivity index (χ0) is 21.0. The Bertz CT molecular complexity index is 842. The van der Waals surface area contributed by atoms with E-state index in [1.165, 1.54) is 0 Å². The highest BCUT2D eigenvalue weighted by molar-refractivity contribution is 6.53. The molecule has 2 aromatic rings. The molecule has 2 heterocycles. The molecule has 5 nitrogen and oxygen atoms in total. The third-order valence-corrected chi connectivity index (χ3v) is 8.00. The SMILES string of the molecule is C[Si](OCc1cccc(N2CCN(Cc3cccnc3)C(=O)C2)c1F)C(C)(C)C. The molecule has 0 saturated carbocycles. The molecule has 3 rings (SSSR count). The van der Waals surface area contributed by atoms with Crippen LogP contribution in [0.5, 0.6) is 0 Å². The second kappa shape index (κ2) is 9.05. The van der Waals surface area contributed by atoms with E-state index in [0.717, 1.165) is 5.56 Å². The van der Waals surface area contributed by atoms with Crippen LogP contribution in [0.2, 0.25) is 11.6 Å². The van der Waals surface area contributed by atoms with Crippen molar-refractivity contribution in [3.63, 3.8) is 0 Å². The molecular weight excluding hydrogens is 385 g/mol. The predicted molar refractivity (Wildman–Crippen MR) is 114 cm³/mol. The van der Waals surface area contributed by atoms with Gasteiger partial charge in [0.05, 0.1) is 18.8 Å². The molecule has 0 unspecified atom stereocenters. The van der Waals surface area contributed by atoms with Crippen LogP contribution in [-0.4, -0.2) is 44.5 Å². The van der Waals surface area contributed by atoms with Crippen molar-refractivity contribution in [1.82, 2.24) is 9.88 Å². The van der Waals surface area contributed by atoms with Gasteiger partial charge < -0.3 is 14.2 Å². The number of hydrogen-bond donors (Lipinski definition) is 0. The first-order valence-electron chi connectivity index (χ1n) is 9.91. The number of benzene rings is 1. The number of halogens is 1. The maximum atomic E-state index is 15.1. The van der Waals surface area contributed by atoms with Gasteiger partial charge in [0.25, 0.3) is 0 Å². The highest BCUT2D eigenvalue weighted by Crippen LogP contribution is 2.29. The van der Waals surface area contributed by atoms with Crippen molar-refractivity contribution in [1.29, 1.82) is 0 Å². The molecule has 1 aliphatic rings. The molecule has 1 aliphatic heterocycles. The normalized spacial score (nSPS) is 15.3. The molecule has 0 N–H and O–H groups in total. The molecule has 1 aromatic carbocycles. The molecule has 1 radical (unpaired) electrons. The summed E-state index contributed by atoms with van der Waals surface area (Å²) in [5.74, 6) is -0.294. The zero-order valence-electron chi connectivity index (χ0n) is 17.6. The first-order chi connectivity index (χ1) is 13.8. The first-order valence-corrected chi connectivity index (χ1v) is 11.8. The van der Waals surface area contributed by atoms with E-state index in [1.807, 2.05) is 23.1 Å². The Morgan fingerprint density at radius 2 is 2.00 bits per heavy atom. The monoisotopic (exact) mass is 414 g/mol. The lowest BCUT2D eigenvalue weighted by atomic mass is 10.1. The van der Waals surface area contributed by atoms with Crippen molar-refractivity contribution in [3.05, 3.63) is 59.7 Å². The lowest BCUT2D eigenvalue weighted by Gasteiger charge is -2.36. The van der Waals surface area contributed by atoms with Gasteiger partial charge >= 0.3 is 0 Å². The maximum absolute atomic E-state index is 15.1. The number of nitrogens with zero attached hydrogens (tertiary/aromatic N) is 3. The lowest BCUT2D eigenvalue weighted by Crippen LogP contribution is -2.50. The largest absolute Gasteiger partial charge is 0.412 e. The average Bonchev–Trinajstić information content (AvgIpc) is 2.68. The molecule has 0 bridgehead atoms. The van der Waals surface area contributed by atoms with E-state index in [0.29, 0.717) is 30.9 Å². The summed E-state index contributed by atoms with van der Waals surface area (Å²) in [5.41, 5.74) is 2.01. The van der Waals surface area contributed by atoms with Gasteiger partial charge in [-0.3, -0.25) is 9.78 Å². The first kappa shape index (κ1) is 21.5. The Labute approximate surface area is 174 Å². The van der Waals surface area contributed by atoms with E-state index in [9.17, 15) is 4.79 Å². The van der Waals surface area contributed by atoms with E-state index in [-0.39, 0.29) is 29.9 Å². The zero-order valence-corrected chi connectivity index (χ0v) is 18.6. The van der Waals surface area contributed by atoms with E-state index in [2.05, 4.69) is 32.3 Å². The summed E-state index contributed by atoms with van der Waals surface area (Å²) in [7, 11) is -1.05. The summed E-state index contributed by atoms with van der Waals surface area (Å²) in [5, 5.41) is 0.0930. The minimum Gasteiger partial charge on any atom is -0.412 e. The van der Waals surface area contributed by atoms with Gasteiger partial charge in [-0.1, -0.05) is 39.0 Å². The highest BCUT2D eigenvalue weighted by atomic mass is 28.3. The fourth-order valence-corrected chi connectivity index (χ4v) is 3.92. The molecule has 7 heteroatoms. The summed E-state index contributed by atoms with van der Waals surface area (Å²) < 4.78 is 21.1. The Hall–Kier alpha value is -2.25. The van der Waals surface area contributed by atoms with Crippen molar-refractivity contribution < 1.29 is 13.6 Å². The minimum absolute atomic E-state index is 0.00653. The Kier molecular flexibility index (Phi) is 6.69. The number of aromatic nitrogens is 1. The van der Waals surface area contributed by atoms with Crippen LogP contribution in [0.4, 0.5) is 10.1 Å². The van der Waals surface area contributed by atoms with Crippen molar-refractivity contribution in [3.8, 4) is 0 Å². The predicted octanol–water partition coefficient (Wildman–Crippen LogP) is 4.01. The molecule has 0 aliphatic carbocycles. The van der Waals surface area contributed by atoms with Crippen LogP contribution in [-0.2, 0) is 22.4 Å². The van der Waals surface area contributed by atoms with Gasteiger partial charge in [0.1, 0.15) is 0 Å². The second-order valence-electron chi connectivity index (χ2n) is 8.44. The smallest absolute Gasteiger partial charge is 0.242 e. The minimum atomic E-state index is -1.05. The van der Waals surface area contributed by atoms with Crippen molar-refractivity contribution in [2.24, 2.45) is 0 Å². The summed E-state index contributed by atoms with van der Waals surface area (Å²) in [6, 6.07) is 9.16. The molecule has 1 saturated heterocycles. The number of carbonyl (C=O) groups is 1. The van der Waals surface area contributed by atoms with Gasteiger partial charge in [-0.25, -0.2) is 4.39 Å². The van der Waals surface area contributed by atoms with Gasteiger partial charge in [-0.15, -0.1) is 0 Å². The Morgan fingerprint density at radius 3 is 2.66 bits per heavy atom. The molecule has 29 heavy (non-hydrogen) atoms. The fourth-order valence-electron chi connectivity index (χ4n) is 3.12.